The first-order valence-corrected chi connectivity index (χ1v) is 8.27. The standard InChI is InChI=1S/C17H20BrNO5/c1-10-7-13(12(3)19(10)11(2)8-22-4)14(20)9-23-17(21)15-5-6-16(18)24-15/h5-7,11H,8-9H2,1-4H3/t11-/m0/s1. The number of methoxy groups -OCH3 is 1. The highest BCUT2D eigenvalue weighted by atomic mass is 79.9. The van der Waals surface area contributed by atoms with Crippen LogP contribution in [0.1, 0.15) is 45.3 Å². The molecule has 0 aliphatic carbocycles. The van der Waals surface area contributed by atoms with Crippen molar-refractivity contribution in [2.75, 3.05) is 20.3 Å². The second-order valence-corrected chi connectivity index (χ2v) is 6.34. The third-order valence-corrected chi connectivity index (χ3v) is 4.17. The number of Topliss-reactive ketones (excluding diaryl/α,β-unsaturated/α-hetero) is 1. The number of hydrogen-bond acceptors (Lipinski definition) is 5. The summed E-state index contributed by atoms with van der Waals surface area (Å²) in [6.07, 6.45) is 0. The maximum atomic E-state index is 12.4. The molecule has 0 amide bonds. The van der Waals surface area contributed by atoms with Gasteiger partial charge in [-0.1, -0.05) is 0 Å². The average Bonchev–Trinajstić information content (AvgIpc) is 3.08. The second-order valence-electron chi connectivity index (χ2n) is 5.56. The fourth-order valence-corrected chi connectivity index (χ4v) is 3.06. The Labute approximate surface area is 148 Å². The Balaban J connectivity index is 2.07. The van der Waals surface area contributed by atoms with Gasteiger partial charge in [0.15, 0.2) is 11.3 Å². The fourth-order valence-electron chi connectivity index (χ4n) is 2.76. The van der Waals surface area contributed by atoms with E-state index in [4.69, 9.17) is 13.9 Å². The summed E-state index contributed by atoms with van der Waals surface area (Å²) in [7, 11) is 1.64. The van der Waals surface area contributed by atoms with Gasteiger partial charge in [-0.2, -0.15) is 0 Å². The van der Waals surface area contributed by atoms with E-state index in [9.17, 15) is 9.59 Å². The van der Waals surface area contributed by atoms with E-state index in [1.54, 1.807) is 19.2 Å². The van der Waals surface area contributed by atoms with E-state index in [-0.39, 0.29) is 24.2 Å². The number of halogens is 1. The predicted molar refractivity (Wildman–Crippen MR) is 91.5 cm³/mol. The molecular formula is C17H20BrNO5. The number of esters is 1. The van der Waals surface area contributed by atoms with Crippen LogP contribution in [0.5, 0.6) is 0 Å². The third-order valence-electron chi connectivity index (χ3n) is 3.74. The molecule has 24 heavy (non-hydrogen) atoms. The normalized spacial score (nSPS) is 12.2. The lowest BCUT2D eigenvalue weighted by Crippen LogP contribution is -2.16. The SMILES string of the molecule is COC[C@H](C)n1c(C)cc(C(=O)COC(=O)c2ccc(Br)o2)c1C. The molecule has 2 rings (SSSR count). The van der Waals surface area contributed by atoms with Crippen molar-refractivity contribution in [2.45, 2.75) is 26.8 Å². The third kappa shape index (κ3) is 3.96. The quantitative estimate of drug-likeness (QED) is 0.525. The molecule has 1 atom stereocenters. The number of furan rings is 1. The van der Waals surface area contributed by atoms with Gasteiger partial charge in [0.25, 0.3) is 0 Å². The van der Waals surface area contributed by atoms with Gasteiger partial charge in [0.1, 0.15) is 0 Å². The molecule has 130 valence electrons. The largest absolute Gasteiger partial charge is 0.451 e. The van der Waals surface area contributed by atoms with Crippen LogP contribution in [0, 0.1) is 13.8 Å². The first-order valence-electron chi connectivity index (χ1n) is 7.48. The van der Waals surface area contributed by atoms with Gasteiger partial charge in [0, 0.05) is 24.1 Å². The molecule has 0 radical (unpaired) electrons. The summed E-state index contributed by atoms with van der Waals surface area (Å²) in [4.78, 5) is 24.2. The smallest absolute Gasteiger partial charge is 0.374 e. The van der Waals surface area contributed by atoms with Gasteiger partial charge in [-0.3, -0.25) is 4.79 Å². The van der Waals surface area contributed by atoms with Crippen LogP contribution < -0.4 is 0 Å². The van der Waals surface area contributed by atoms with Crippen molar-refractivity contribution >= 4 is 27.7 Å². The minimum atomic E-state index is -0.671. The molecule has 0 spiro atoms. The average molecular weight is 398 g/mol. The fraction of sp³-hybridized carbons (Fsp3) is 0.412. The number of rotatable bonds is 7. The Hall–Kier alpha value is -1.86. The monoisotopic (exact) mass is 397 g/mol. The maximum Gasteiger partial charge on any atom is 0.374 e. The van der Waals surface area contributed by atoms with Gasteiger partial charge in [0.05, 0.1) is 12.6 Å². The van der Waals surface area contributed by atoms with Gasteiger partial charge >= 0.3 is 5.97 Å². The van der Waals surface area contributed by atoms with E-state index in [0.717, 1.165) is 11.4 Å². The van der Waals surface area contributed by atoms with Crippen LogP contribution >= 0.6 is 15.9 Å². The van der Waals surface area contributed by atoms with Crippen molar-refractivity contribution in [1.82, 2.24) is 4.57 Å². The number of nitrogens with zero attached hydrogens (tertiary/aromatic N) is 1. The highest BCUT2D eigenvalue weighted by molar-refractivity contribution is 9.10. The van der Waals surface area contributed by atoms with Crippen LogP contribution in [0.15, 0.2) is 27.3 Å². The minimum absolute atomic E-state index is 0.0499. The summed E-state index contributed by atoms with van der Waals surface area (Å²) in [6, 6.07) is 4.99. The molecule has 0 bridgehead atoms. The van der Waals surface area contributed by atoms with E-state index < -0.39 is 5.97 Å². The summed E-state index contributed by atoms with van der Waals surface area (Å²) >= 11 is 3.11. The van der Waals surface area contributed by atoms with Gasteiger partial charge in [-0.25, -0.2) is 4.79 Å². The summed E-state index contributed by atoms with van der Waals surface area (Å²) in [5.41, 5.74) is 2.34. The second kappa shape index (κ2) is 7.81. The van der Waals surface area contributed by atoms with Crippen LogP contribution in [0.2, 0.25) is 0 Å². The van der Waals surface area contributed by atoms with Crippen LogP contribution in [-0.4, -0.2) is 36.6 Å². The summed E-state index contributed by atoms with van der Waals surface area (Å²) < 4.78 is 17.8. The molecular weight excluding hydrogens is 378 g/mol. The molecule has 2 aromatic rings. The predicted octanol–water partition coefficient (Wildman–Crippen LogP) is 3.71. The van der Waals surface area contributed by atoms with Crippen molar-refractivity contribution in [1.29, 1.82) is 0 Å². The van der Waals surface area contributed by atoms with Crippen molar-refractivity contribution < 1.29 is 23.5 Å². The van der Waals surface area contributed by atoms with E-state index in [1.807, 2.05) is 25.3 Å². The summed E-state index contributed by atoms with van der Waals surface area (Å²) in [6.45, 7) is 6.04. The molecule has 0 saturated heterocycles. The molecule has 2 heterocycles. The van der Waals surface area contributed by atoms with Crippen LogP contribution in [0.25, 0.3) is 0 Å². The lowest BCUT2D eigenvalue weighted by Gasteiger charge is -2.17. The first-order chi connectivity index (χ1) is 11.3. The Kier molecular flexibility index (Phi) is 6.01. The van der Waals surface area contributed by atoms with Gasteiger partial charge in [-0.05, 0) is 54.9 Å². The number of hydrogen-bond donors (Lipinski definition) is 0. The van der Waals surface area contributed by atoms with Gasteiger partial charge in [0.2, 0.25) is 11.5 Å². The van der Waals surface area contributed by atoms with Crippen molar-refractivity contribution in [3.63, 3.8) is 0 Å². The molecule has 0 aliphatic rings. The summed E-state index contributed by atoms with van der Waals surface area (Å²) in [5.74, 6) is -0.873. The molecule has 0 unspecified atom stereocenters. The van der Waals surface area contributed by atoms with E-state index >= 15 is 0 Å². The molecule has 0 saturated carbocycles. The Morgan fingerprint density at radius 3 is 2.62 bits per heavy atom. The molecule has 0 aromatic carbocycles. The Morgan fingerprint density at radius 1 is 1.33 bits per heavy atom. The van der Waals surface area contributed by atoms with Crippen LogP contribution in [0.3, 0.4) is 0 Å². The Bertz CT molecular complexity index is 746. The topological polar surface area (TPSA) is 70.7 Å². The lowest BCUT2D eigenvalue weighted by molar-refractivity contribution is 0.0442. The maximum absolute atomic E-state index is 12.4. The van der Waals surface area contributed by atoms with Gasteiger partial charge in [-0.15, -0.1) is 0 Å². The minimum Gasteiger partial charge on any atom is -0.451 e. The number of ketones is 1. The zero-order chi connectivity index (χ0) is 17.9. The number of carbonyl (C=O) groups excluding carboxylic acids is 2. The number of carbonyl (C=O) groups is 2. The van der Waals surface area contributed by atoms with E-state index in [1.165, 1.54) is 6.07 Å². The molecule has 6 nitrogen and oxygen atoms in total. The van der Waals surface area contributed by atoms with E-state index in [0.29, 0.717) is 16.8 Å². The zero-order valence-electron chi connectivity index (χ0n) is 14.1. The highest BCUT2D eigenvalue weighted by Crippen LogP contribution is 2.21. The highest BCUT2D eigenvalue weighted by Gasteiger charge is 2.21. The van der Waals surface area contributed by atoms with Crippen molar-refractivity contribution in [2.24, 2.45) is 0 Å². The Morgan fingerprint density at radius 2 is 2.04 bits per heavy atom. The van der Waals surface area contributed by atoms with Crippen molar-refractivity contribution in [3.8, 4) is 0 Å². The zero-order valence-corrected chi connectivity index (χ0v) is 15.7. The lowest BCUT2D eigenvalue weighted by atomic mass is 10.1. The molecule has 0 aliphatic heterocycles. The summed E-state index contributed by atoms with van der Waals surface area (Å²) in [5, 5.41) is 0. The number of ether oxygens (including phenoxy) is 2. The van der Waals surface area contributed by atoms with Crippen LogP contribution in [-0.2, 0) is 9.47 Å². The number of aromatic nitrogens is 1. The first kappa shape index (κ1) is 18.5. The van der Waals surface area contributed by atoms with Crippen molar-refractivity contribution in [3.05, 3.63) is 45.6 Å². The molecule has 0 fully saturated rings. The number of aryl methyl sites for hydroxylation is 1. The van der Waals surface area contributed by atoms with Gasteiger partial charge < -0.3 is 18.5 Å². The molecule has 7 heteroatoms. The molecule has 0 N–H and O–H groups in total. The molecule has 2 aromatic heterocycles. The van der Waals surface area contributed by atoms with Crippen LogP contribution in [0.4, 0.5) is 0 Å². The van der Waals surface area contributed by atoms with E-state index in [2.05, 4.69) is 15.9 Å².